The Balaban J connectivity index is 1.60. The first kappa shape index (κ1) is 20.8. The Bertz CT molecular complexity index is 1050. The quantitative estimate of drug-likeness (QED) is 0.542. The van der Waals surface area contributed by atoms with Gasteiger partial charge in [-0.05, 0) is 50.7 Å². The second-order valence-corrected chi connectivity index (χ2v) is 8.49. The fraction of sp³-hybridized carbons (Fsp3) is 0.364. The van der Waals surface area contributed by atoms with Gasteiger partial charge >= 0.3 is 0 Å². The van der Waals surface area contributed by atoms with Crippen LogP contribution < -0.4 is 14.8 Å². The van der Waals surface area contributed by atoms with Crippen molar-refractivity contribution in [3.63, 3.8) is 0 Å². The summed E-state index contributed by atoms with van der Waals surface area (Å²) in [7, 11) is 3.75. The second kappa shape index (κ2) is 9.14. The molecule has 0 spiro atoms. The molecule has 2 heterocycles. The molecule has 0 radical (unpaired) electrons. The largest absolute Gasteiger partial charge is 0.493 e. The van der Waals surface area contributed by atoms with Crippen LogP contribution >= 0.6 is 15.9 Å². The van der Waals surface area contributed by atoms with Gasteiger partial charge in [0, 0.05) is 28.4 Å². The van der Waals surface area contributed by atoms with E-state index in [1.54, 1.807) is 19.2 Å². The number of nitrogens with zero attached hydrogens (tertiary/aromatic N) is 3. The van der Waals surface area contributed by atoms with Crippen molar-refractivity contribution in [3.05, 3.63) is 46.9 Å². The average molecular weight is 475 g/mol. The van der Waals surface area contributed by atoms with Crippen molar-refractivity contribution in [1.29, 1.82) is 0 Å². The zero-order chi connectivity index (χ0) is 21.1. The molecule has 0 unspecified atom stereocenters. The predicted octanol–water partition coefficient (Wildman–Crippen LogP) is 5.00. The molecule has 8 heteroatoms. The Morgan fingerprint density at radius 3 is 2.87 bits per heavy atom. The molecule has 2 aromatic carbocycles. The average Bonchev–Trinajstić information content (AvgIpc) is 2.74. The first-order valence-electron chi connectivity index (χ1n) is 9.89. The van der Waals surface area contributed by atoms with Gasteiger partial charge in [0.1, 0.15) is 18.0 Å². The number of methoxy groups -OCH3 is 1. The molecule has 1 fully saturated rings. The third-order valence-corrected chi connectivity index (χ3v) is 5.79. The highest BCUT2D eigenvalue weighted by Crippen LogP contribution is 2.35. The van der Waals surface area contributed by atoms with Crippen LogP contribution in [-0.4, -0.2) is 48.7 Å². The topological polar surface area (TPSA) is 59.5 Å². The Hall–Kier alpha value is -2.45. The van der Waals surface area contributed by atoms with Crippen molar-refractivity contribution in [1.82, 2.24) is 14.9 Å². The molecule has 1 aliphatic rings. The SMILES string of the molecule is COc1cc2c(Nc3ccc(Br)cc3F)ncnc2cc1OC[C@H]1CCCN(C)C1. The Morgan fingerprint density at radius 1 is 1.23 bits per heavy atom. The lowest BCUT2D eigenvalue weighted by molar-refractivity contribution is 0.148. The van der Waals surface area contributed by atoms with E-state index in [9.17, 15) is 4.39 Å². The van der Waals surface area contributed by atoms with Crippen LogP contribution in [0.25, 0.3) is 10.9 Å². The van der Waals surface area contributed by atoms with Crippen LogP contribution in [0.1, 0.15) is 12.8 Å². The van der Waals surface area contributed by atoms with E-state index in [0.717, 1.165) is 24.9 Å². The molecule has 6 nitrogen and oxygen atoms in total. The molecule has 1 saturated heterocycles. The molecular weight excluding hydrogens is 451 g/mol. The molecular formula is C22H24BrFN4O2. The predicted molar refractivity (Wildman–Crippen MR) is 119 cm³/mol. The molecule has 3 aromatic rings. The maximum Gasteiger partial charge on any atom is 0.163 e. The normalized spacial score (nSPS) is 17.1. The number of likely N-dealkylation sites (tertiary alicyclic amines) is 1. The lowest BCUT2D eigenvalue weighted by atomic mass is 9.99. The highest BCUT2D eigenvalue weighted by atomic mass is 79.9. The third kappa shape index (κ3) is 4.65. The zero-order valence-corrected chi connectivity index (χ0v) is 18.6. The van der Waals surface area contributed by atoms with Gasteiger partial charge in [-0.1, -0.05) is 15.9 Å². The molecule has 158 valence electrons. The van der Waals surface area contributed by atoms with Gasteiger partial charge in [-0.15, -0.1) is 0 Å². The van der Waals surface area contributed by atoms with E-state index >= 15 is 0 Å². The molecule has 1 atom stereocenters. The highest BCUT2D eigenvalue weighted by molar-refractivity contribution is 9.10. The van der Waals surface area contributed by atoms with Crippen LogP contribution in [0.15, 0.2) is 41.1 Å². The number of piperidine rings is 1. The summed E-state index contributed by atoms with van der Waals surface area (Å²) in [6.07, 6.45) is 3.80. The van der Waals surface area contributed by atoms with E-state index in [1.165, 1.54) is 18.8 Å². The third-order valence-electron chi connectivity index (χ3n) is 5.30. The number of hydrogen-bond acceptors (Lipinski definition) is 6. The molecule has 1 N–H and O–H groups in total. The van der Waals surface area contributed by atoms with Crippen molar-refractivity contribution >= 4 is 38.3 Å². The van der Waals surface area contributed by atoms with E-state index in [4.69, 9.17) is 9.47 Å². The summed E-state index contributed by atoms with van der Waals surface area (Å²) in [4.78, 5) is 11.0. The van der Waals surface area contributed by atoms with Gasteiger partial charge in [0.05, 0.1) is 24.9 Å². The summed E-state index contributed by atoms with van der Waals surface area (Å²) in [5.74, 6) is 1.87. The van der Waals surface area contributed by atoms with E-state index in [2.05, 4.69) is 43.2 Å². The van der Waals surface area contributed by atoms with Gasteiger partial charge in [0.15, 0.2) is 11.5 Å². The van der Waals surface area contributed by atoms with Crippen LogP contribution in [0.5, 0.6) is 11.5 Å². The lowest BCUT2D eigenvalue weighted by Crippen LogP contribution is -2.34. The number of aromatic nitrogens is 2. The van der Waals surface area contributed by atoms with Gasteiger partial charge in [-0.3, -0.25) is 0 Å². The van der Waals surface area contributed by atoms with Crippen molar-refractivity contribution < 1.29 is 13.9 Å². The maximum absolute atomic E-state index is 14.3. The minimum Gasteiger partial charge on any atom is -0.493 e. The van der Waals surface area contributed by atoms with Crippen molar-refractivity contribution in [2.45, 2.75) is 12.8 Å². The number of rotatable bonds is 6. The first-order valence-corrected chi connectivity index (χ1v) is 10.7. The molecule has 30 heavy (non-hydrogen) atoms. The molecule has 0 amide bonds. The molecule has 0 saturated carbocycles. The van der Waals surface area contributed by atoms with E-state index in [0.29, 0.717) is 45.5 Å². The van der Waals surface area contributed by atoms with E-state index in [1.807, 2.05) is 12.1 Å². The molecule has 0 aliphatic carbocycles. The fourth-order valence-electron chi connectivity index (χ4n) is 3.77. The monoisotopic (exact) mass is 474 g/mol. The number of fused-ring (bicyclic) bond motifs is 1. The van der Waals surface area contributed by atoms with Crippen LogP contribution in [0, 0.1) is 11.7 Å². The summed E-state index contributed by atoms with van der Waals surface area (Å²) >= 11 is 3.27. The highest BCUT2D eigenvalue weighted by Gasteiger charge is 2.19. The minimum absolute atomic E-state index is 0.332. The number of benzene rings is 2. The van der Waals surface area contributed by atoms with E-state index < -0.39 is 0 Å². The van der Waals surface area contributed by atoms with Gasteiger partial charge in [-0.25, -0.2) is 14.4 Å². The fourth-order valence-corrected chi connectivity index (χ4v) is 4.10. The molecule has 1 aliphatic heterocycles. The van der Waals surface area contributed by atoms with E-state index in [-0.39, 0.29) is 5.82 Å². The maximum atomic E-state index is 14.3. The summed E-state index contributed by atoms with van der Waals surface area (Å²) in [5.41, 5.74) is 1.03. The van der Waals surface area contributed by atoms with Gasteiger partial charge in [0.2, 0.25) is 0 Å². The molecule has 4 rings (SSSR count). The summed E-state index contributed by atoms with van der Waals surface area (Å²) < 4.78 is 26.6. The number of anilines is 2. The number of nitrogens with one attached hydrogen (secondary N) is 1. The standard InChI is InChI=1S/C22H24BrFN4O2/c1-28-7-3-4-14(11-28)12-30-21-10-19-16(9-20(21)29-2)22(26-13-25-19)27-18-6-5-15(23)8-17(18)24/h5-6,8-10,13-14H,3-4,7,11-12H2,1-2H3,(H,25,26,27)/t14-/m0/s1. The Kier molecular flexibility index (Phi) is 6.34. The summed E-state index contributed by atoms with van der Waals surface area (Å²) in [5, 5.41) is 3.78. The number of halogens is 2. The smallest absolute Gasteiger partial charge is 0.163 e. The Labute approximate surface area is 183 Å². The Morgan fingerprint density at radius 2 is 2.10 bits per heavy atom. The summed E-state index contributed by atoms with van der Waals surface area (Å²) in [6.45, 7) is 2.80. The minimum atomic E-state index is -0.375. The number of ether oxygens (including phenoxy) is 2. The van der Waals surface area contributed by atoms with Crippen LogP contribution in [0.2, 0.25) is 0 Å². The van der Waals surface area contributed by atoms with Crippen molar-refractivity contribution in [2.75, 3.05) is 39.2 Å². The second-order valence-electron chi connectivity index (χ2n) is 7.57. The first-order chi connectivity index (χ1) is 14.5. The number of hydrogen-bond donors (Lipinski definition) is 1. The molecule has 0 bridgehead atoms. The summed E-state index contributed by atoms with van der Waals surface area (Å²) in [6, 6.07) is 8.51. The van der Waals surface area contributed by atoms with Crippen molar-refractivity contribution in [2.24, 2.45) is 5.92 Å². The zero-order valence-electron chi connectivity index (χ0n) is 17.0. The van der Waals surface area contributed by atoms with Gasteiger partial charge in [-0.2, -0.15) is 0 Å². The van der Waals surface area contributed by atoms with Crippen LogP contribution in [0.4, 0.5) is 15.9 Å². The van der Waals surface area contributed by atoms with Crippen LogP contribution in [-0.2, 0) is 0 Å². The van der Waals surface area contributed by atoms with Crippen molar-refractivity contribution in [3.8, 4) is 11.5 Å². The van der Waals surface area contributed by atoms with Gasteiger partial charge < -0.3 is 19.7 Å². The van der Waals surface area contributed by atoms with Gasteiger partial charge in [0.25, 0.3) is 0 Å². The van der Waals surface area contributed by atoms with Crippen LogP contribution in [0.3, 0.4) is 0 Å². The molecule has 1 aromatic heterocycles. The lowest BCUT2D eigenvalue weighted by Gasteiger charge is -2.29.